The van der Waals surface area contributed by atoms with Crippen molar-refractivity contribution in [3.8, 4) is 0 Å². The van der Waals surface area contributed by atoms with Crippen LogP contribution in [0.4, 0.5) is 5.13 Å². The van der Waals surface area contributed by atoms with Crippen molar-refractivity contribution < 1.29 is 14.4 Å². The zero-order valence-corrected chi connectivity index (χ0v) is 16.1. The van der Waals surface area contributed by atoms with Crippen LogP contribution in [-0.2, 0) is 29.1 Å². The molecule has 0 saturated carbocycles. The molecule has 2 aliphatic heterocycles. The van der Waals surface area contributed by atoms with E-state index in [-0.39, 0.29) is 18.2 Å². The summed E-state index contributed by atoms with van der Waals surface area (Å²) < 4.78 is 0. The monoisotopic (exact) mass is 399 g/mol. The number of nitrogens with two attached hydrogens (primary N) is 1. The molecule has 1 atom stereocenters. The first-order valence-corrected chi connectivity index (χ1v) is 10.1. The molecule has 4 rings (SSSR count). The minimum absolute atomic E-state index is 0.161. The molecule has 2 aromatic rings. The summed E-state index contributed by atoms with van der Waals surface area (Å²) >= 11 is 1.53. The molecule has 3 amide bonds. The van der Waals surface area contributed by atoms with Crippen LogP contribution in [0.5, 0.6) is 0 Å². The number of piperidine rings is 1. The highest BCUT2D eigenvalue weighted by atomic mass is 32.1. The number of anilines is 1. The Balaban J connectivity index is 1.43. The SMILES string of the molecule is NCCc1csc(NCc2ccc3c(c2)C(=O)N(C2CCC(=O)NC2=O)C3)n1. The van der Waals surface area contributed by atoms with Crippen molar-refractivity contribution in [3.63, 3.8) is 0 Å². The lowest BCUT2D eigenvalue weighted by Gasteiger charge is -2.29. The Kier molecular flexibility index (Phi) is 5.10. The average molecular weight is 399 g/mol. The Morgan fingerprint density at radius 3 is 2.96 bits per heavy atom. The molecule has 9 heteroatoms. The van der Waals surface area contributed by atoms with E-state index in [1.54, 1.807) is 4.90 Å². The molecular weight excluding hydrogens is 378 g/mol. The lowest BCUT2D eigenvalue weighted by Crippen LogP contribution is -2.52. The van der Waals surface area contributed by atoms with E-state index in [2.05, 4.69) is 15.6 Å². The molecule has 8 nitrogen and oxygen atoms in total. The van der Waals surface area contributed by atoms with Crippen molar-refractivity contribution in [1.82, 2.24) is 15.2 Å². The van der Waals surface area contributed by atoms with Crippen LogP contribution in [0.1, 0.15) is 40.0 Å². The second-order valence-electron chi connectivity index (χ2n) is 6.93. The summed E-state index contributed by atoms with van der Waals surface area (Å²) in [6, 6.07) is 5.18. The molecular formula is C19H21N5O3S. The number of nitrogens with one attached hydrogen (secondary N) is 2. The van der Waals surface area contributed by atoms with Gasteiger partial charge in [0, 0.05) is 36.9 Å². The number of aromatic nitrogens is 1. The molecule has 0 spiro atoms. The largest absolute Gasteiger partial charge is 0.357 e. The number of carbonyl (C=O) groups is 3. The summed E-state index contributed by atoms with van der Waals surface area (Å²) in [6.45, 7) is 1.51. The lowest BCUT2D eigenvalue weighted by atomic mass is 10.0. The summed E-state index contributed by atoms with van der Waals surface area (Å²) in [4.78, 5) is 42.3. The summed E-state index contributed by atoms with van der Waals surface area (Å²) in [5, 5.41) is 8.40. The standard InChI is InChI=1S/C19H21N5O3S/c20-6-5-13-10-28-19(22-13)21-8-11-1-2-12-9-24(18(27)14(12)7-11)15-3-4-16(25)23-17(15)26/h1-2,7,10,15H,3-6,8-9,20H2,(H,21,22)(H,23,25,26). The number of amides is 3. The summed E-state index contributed by atoms with van der Waals surface area (Å²) in [7, 11) is 0. The predicted molar refractivity (Wildman–Crippen MR) is 105 cm³/mol. The summed E-state index contributed by atoms with van der Waals surface area (Å²) in [6.07, 6.45) is 1.38. The Bertz CT molecular complexity index is 941. The molecule has 1 unspecified atom stereocenters. The minimum Gasteiger partial charge on any atom is -0.357 e. The molecule has 3 heterocycles. The maximum Gasteiger partial charge on any atom is 0.255 e. The minimum atomic E-state index is -0.588. The molecule has 1 fully saturated rings. The third kappa shape index (κ3) is 3.63. The van der Waals surface area contributed by atoms with Crippen LogP contribution >= 0.6 is 11.3 Å². The molecule has 0 aliphatic carbocycles. The van der Waals surface area contributed by atoms with Gasteiger partial charge in [-0.1, -0.05) is 12.1 Å². The Hall–Kier alpha value is -2.78. The van der Waals surface area contributed by atoms with Gasteiger partial charge in [0.05, 0.1) is 5.69 Å². The zero-order chi connectivity index (χ0) is 19.7. The molecule has 0 radical (unpaired) electrons. The van der Waals surface area contributed by atoms with Gasteiger partial charge >= 0.3 is 0 Å². The van der Waals surface area contributed by atoms with Crippen LogP contribution in [0.3, 0.4) is 0 Å². The van der Waals surface area contributed by atoms with E-state index in [9.17, 15) is 14.4 Å². The fourth-order valence-electron chi connectivity index (χ4n) is 3.54. The van der Waals surface area contributed by atoms with Gasteiger partial charge in [0.15, 0.2) is 5.13 Å². The van der Waals surface area contributed by atoms with E-state index < -0.39 is 11.9 Å². The number of hydrogen-bond acceptors (Lipinski definition) is 7. The van der Waals surface area contributed by atoms with Crippen molar-refractivity contribution in [3.05, 3.63) is 46.0 Å². The van der Waals surface area contributed by atoms with Crippen molar-refractivity contribution >= 4 is 34.2 Å². The smallest absolute Gasteiger partial charge is 0.255 e. The maximum atomic E-state index is 12.8. The van der Waals surface area contributed by atoms with Crippen molar-refractivity contribution in [2.24, 2.45) is 5.73 Å². The number of nitrogens with zero attached hydrogens (tertiary/aromatic N) is 2. The van der Waals surface area contributed by atoms with Gasteiger partial charge in [-0.2, -0.15) is 0 Å². The highest BCUT2D eigenvalue weighted by molar-refractivity contribution is 7.13. The molecule has 4 N–H and O–H groups in total. The van der Waals surface area contributed by atoms with Gasteiger partial charge in [-0.15, -0.1) is 11.3 Å². The fourth-order valence-corrected chi connectivity index (χ4v) is 4.28. The van der Waals surface area contributed by atoms with Gasteiger partial charge in [-0.05, 0) is 30.2 Å². The van der Waals surface area contributed by atoms with Gasteiger partial charge in [0.1, 0.15) is 6.04 Å². The number of imide groups is 1. The number of hydrogen-bond donors (Lipinski definition) is 3. The Morgan fingerprint density at radius 1 is 1.32 bits per heavy atom. The van der Waals surface area contributed by atoms with Crippen LogP contribution < -0.4 is 16.4 Å². The fraction of sp³-hybridized carbons (Fsp3) is 0.368. The Labute approximate surface area is 166 Å². The predicted octanol–water partition coefficient (Wildman–Crippen LogP) is 1.02. The van der Waals surface area contributed by atoms with Gasteiger partial charge in [-0.25, -0.2) is 4.98 Å². The quantitative estimate of drug-likeness (QED) is 0.624. The molecule has 0 bridgehead atoms. The summed E-state index contributed by atoms with van der Waals surface area (Å²) in [5.74, 6) is -0.835. The van der Waals surface area contributed by atoms with Crippen LogP contribution in [0.2, 0.25) is 0 Å². The number of thiazole rings is 1. The van der Waals surface area contributed by atoms with Gasteiger partial charge in [-0.3, -0.25) is 19.7 Å². The van der Waals surface area contributed by atoms with E-state index >= 15 is 0 Å². The second-order valence-corrected chi connectivity index (χ2v) is 7.79. The van der Waals surface area contributed by atoms with Crippen molar-refractivity contribution in [1.29, 1.82) is 0 Å². The van der Waals surface area contributed by atoms with Gasteiger partial charge < -0.3 is 16.0 Å². The number of fused-ring (bicyclic) bond motifs is 1. The van der Waals surface area contributed by atoms with E-state index in [0.717, 1.165) is 28.4 Å². The van der Waals surface area contributed by atoms with E-state index in [1.165, 1.54) is 11.3 Å². The number of carbonyl (C=O) groups excluding carboxylic acids is 3. The average Bonchev–Trinajstić information content (AvgIpc) is 3.25. The highest BCUT2D eigenvalue weighted by Gasteiger charge is 2.39. The normalized spacial score (nSPS) is 19.0. The molecule has 146 valence electrons. The molecule has 1 aromatic carbocycles. The van der Waals surface area contributed by atoms with Crippen LogP contribution in [-0.4, -0.2) is 40.2 Å². The van der Waals surface area contributed by atoms with Crippen LogP contribution in [0.15, 0.2) is 23.6 Å². The van der Waals surface area contributed by atoms with Crippen molar-refractivity contribution in [2.45, 2.75) is 38.4 Å². The van der Waals surface area contributed by atoms with E-state index in [1.807, 2.05) is 23.6 Å². The maximum absolute atomic E-state index is 12.8. The van der Waals surface area contributed by atoms with Crippen LogP contribution in [0.25, 0.3) is 0 Å². The van der Waals surface area contributed by atoms with Gasteiger partial charge in [0.25, 0.3) is 5.91 Å². The summed E-state index contributed by atoms with van der Waals surface area (Å²) in [5.41, 5.74) is 9.00. The van der Waals surface area contributed by atoms with Gasteiger partial charge in [0.2, 0.25) is 11.8 Å². The van der Waals surface area contributed by atoms with Crippen LogP contribution in [0, 0.1) is 0 Å². The Morgan fingerprint density at radius 2 is 2.18 bits per heavy atom. The first kappa shape index (κ1) is 18.6. The zero-order valence-electron chi connectivity index (χ0n) is 15.2. The first-order valence-electron chi connectivity index (χ1n) is 9.20. The lowest BCUT2D eigenvalue weighted by molar-refractivity contribution is -0.136. The van der Waals surface area contributed by atoms with E-state index in [4.69, 9.17) is 5.73 Å². The number of rotatable bonds is 6. The molecule has 1 aromatic heterocycles. The molecule has 1 saturated heterocycles. The second kappa shape index (κ2) is 7.69. The number of benzene rings is 1. The highest BCUT2D eigenvalue weighted by Crippen LogP contribution is 2.28. The van der Waals surface area contributed by atoms with E-state index in [0.29, 0.717) is 31.6 Å². The van der Waals surface area contributed by atoms with Crippen molar-refractivity contribution in [2.75, 3.05) is 11.9 Å². The first-order chi connectivity index (χ1) is 13.5. The topological polar surface area (TPSA) is 117 Å². The third-order valence-electron chi connectivity index (χ3n) is 4.99. The molecule has 2 aliphatic rings. The third-order valence-corrected chi connectivity index (χ3v) is 5.84. The molecule has 28 heavy (non-hydrogen) atoms.